The fourth-order valence-electron chi connectivity index (χ4n) is 0.414. The van der Waals surface area contributed by atoms with Crippen LogP contribution in [0.5, 0.6) is 0 Å². The topological polar surface area (TPSA) is 93.1 Å². The minimum absolute atomic E-state index is 0.212. The zero-order valence-electron chi connectivity index (χ0n) is 9.18. The van der Waals surface area contributed by atoms with Crippen LogP contribution in [0.3, 0.4) is 0 Å². The Hall–Kier alpha value is -0.200. The predicted molar refractivity (Wildman–Crippen MR) is 63.2 cm³/mol. The van der Waals surface area contributed by atoms with E-state index in [9.17, 15) is 9.36 Å². The van der Waals surface area contributed by atoms with E-state index in [2.05, 4.69) is 31.8 Å². The van der Waals surface area contributed by atoms with Crippen LogP contribution < -0.4 is 0 Å². The van der Waals surface area contributed by atoms with Gasteiger partial charge in [-0.05, 0) is 6.92 Å². The molecule has 0 aromatic rings. The Kier molecular flexibility index (Phi) is 11.3. The second-order valence-electron chi connectivity index (χ2n) is 2.51. The second kappa shape index (κ2) is 9.99. The zero-order valence-corrected chi connectivity index (χ0v) is 11.7. The highest BCUT2D eigenvalue weighted by atomic mass is 79.9. The summed E-state index contributed by atoms with van der Waals surface area (Å²) in [5, 5.41) is 1.06. The number of alkyl halides is 1. The quantitative estimate of drug-likeness (QED) is 0.263. The predicted octanol–water partition coefficient (Wildman–Crippen LogP) is 1.62. The molecule has 0 saturated carbocycles. The average molecular weight is 319 g/mol. The highest BCUT2D eigenvalue weighted by Crippen LogP contribution is 2.35. The van der Waals surface area contributed by atoms with E-state index < -0.39 is 13.8 Å². The van der Waals surface area contributed by atoms with Crippen molar-refractivity contribution in [3.63, 3.8) is 0 Å². The van der Waals surface area contributed by atoms with Crippen molar-refractivity contribution in [1.82, 2.24) is 0 Å². The molecule has 0 amide bonds. The molecular formula is C8H16BrO6P. The van der Waals surface area contributed by atoms with Crippen LogP contribution in [-0.2, 0) is 18.6 Å². The smallest absolute Gasteiger partial charge is 0.460 e. The monoisotopic (exact) mass is 318 g/mol. The summed E-state index contributed by atoms with van der Waals surface area (Å²) in [7, 11) is -4.46. The number of halogens is 1. The highest BCUT2D eigenvalue weighted by molar-refractivity contribution is 9.09. The van der Waals surface area contributed by atoms with Crippen molar-refractivity contribution in [2.45, 2.75) is 13.8 Å². The van der Waals surface area contributed by atoms with Crippen LogP contribution in [0, 0.1) is 0 Å². The Morgan fingerprint density at radius 1 is 1.44 bits per heavy atom. The van der Waals surface area contributed by atoms with E-state index in [0.29, 0.717) is 0 Å². The van der Waals surface area contributed by atoms with E-state index in [0.717, 1.165) is 5.33 Å². The van der Waals surface area contributed by atoms with Crippen molar-refractivity contribution in [2.75, 3.05) is 18.5 Å². The van der Waals surface area contributed by atoms with Gasteiger partial charge in [-0.15, -0.1) is 0 Å². The van der Waals surface area contributed by atoms with Crippen LogP contribution in [-0.4, -0.2) is 34.3 Å². The summed E-state index contributed by atoms with van der Waals surface area (Å²) in [6.07, 6.45) is 0. The average Bonchev–Trinajstić information content (AvgIpc) is 2.11. The lowest BCUT2D eigenvalue weighted by atomic mass is 10.4. The summed E-state index contributed by atoms with van der Waals surface area (Å²) in [6, 6.07) is 0. The summed E-state index contributed by atoms with van der Waals surface area (Å²) >= 11 is 3.15. The molecule has 0 atom stereocenters. The van der Waals surface area contributed by atoms with Crippen molar-refractivity contribution in [3.05, 3.63) is 12.2 Å². The van der Waals surface area contributed by atoms with Gasteiger partial charge in [0, 0.05) is 10.9 Å². The number of carbonyl (C=O) groups excluding carboxylic acids is 1. The van der Waals surface area contributed by atoms with E-state index in [-0.39, 0.29) is 18.8 Å². The Morgan fingerprint density at radius 3 is 2.19 bits per heavy atom. The van der Waals surface area contributed by atoms with E-state index in [1.807, 2.05) is 6.92 Å². The molecule has 0 rings (SSSR count). The molecule has 0 radical (unpaired) electrons. The van der Waals surface area contributed by atoms with Crippen molar-refractivity contribution in [1.29, 1.82) is 0 Å². The number of phosphoric acid groups is 1. The van der Waals surface area contributed by atoms with Crippen LogP contribution in [0.2, 0.25) is 0 Å². The van der Waals surface area contributed by atoms with E-state index in [4.69, 9.17) is 9.79 Å². The zero-order chi connectivity index (χ0) is 13.2. The maximum atomic E-state index is 10.7. The maximum Gasteiger partial charge on any atom is 0.469 e. The van der Waals surface area contributed by atoms with Gasteiger partial charge in [0.05, 0.1) is 6.61 Å². The van der Waals surface area contributed by atoms with Gasteiger partial charge < -0.3 is 14.5 Å². The van der Waals surface area contributed by atoms with E-state index >= 15 is 0 Å². The Balaban J connectivity index is 0. The van der Waals surface area contributed by atoms with Crippen molar-refractivity contribution in [2.24, 2.45) is 0 Å². The first-order chi connectivity index (χ1) is 7.24. The summed E-state index contributed by atoms with van der Waals surface area (Å²) in [5.74, 6) is -0.616. The lowest BCUT2D eigenvalue weighted by Gasteiger charge is -2.05. The lowest BCUT2D eigenvalue weighted by molar-refractivity contribution is -0.139. The minimum atomic E-state index is -4.46. The van der Waals surface area contributed by atoms with Gasteiger partial charge in [-0.2, -0.15) is 0 Å². The van der Waals surface area contributed by atoms with Crippen molar-refractivity contribution in [3.8, 4) is 0 Å². The van der Waals surface area contributed by atoms with Gasteiger partial charge in [0.2, 0.25) is 0 Å². The van der Waals surface area contributed by atoms with Crippen LogP contribution in [0.25, 0.3) is 0 Å². The third kappa shape index (κ3) is 16.2. The second-order valence-corrected chi connectivity index (χ2v) is 4.87. The molecule has 16 heavy (non-hydrogen) atoms. The largest absolute Gasteiger partial charge is 0.469 e. The number of carbonyl (C=O) groups is 1. The Labute approximate surface area is 103 Å². The minimum Gasteiger partial charge on any atom is -0.460 e. The van der Waals surface area contributed by atoms with Gasteiger partial charge in [-0.25, -0.2) is 9.36 Å². The van der Waals surface area contributed by atoms with Gasteiger partial charge in [-0.1, -0.05) is 29.4 Å². The number of hydrogen-bond acceptors (Lipinski definition) is 4. The molecule has 0 saturated heterocycles. The highest BCUT2D eigenvalue weighted by Gasteiger charge is 2.13. The molecule has 8 heteroatoms. The van der Waals surface area contributed by atoms with Crippen LogP contribution in [0.15, 0.2) is 12.2 Å². The standard InChI is InChI=1S/C6H11O6P.C2H5Br/c1-5(2)6(7)11-3-4-12-13(8,9)10;1-2-3/h1,3-4H2,2H3,(H2,8,9,10);2H2,1H3. The van der Waals surface area contributed by atoms with Gasteiger partial charge in [0.15, 0.2) is 0 Å². The van der Waals surface area contributed by atoms with Gasteiger partial charge in [0.25, 0.3) is 0 Å². The third-order valence-electron chi connectivity index (χ3n) is 0.924. The first-order valence-corrected chi connectivity index (χ1v) is 6.98. The number of hydrogen-bond donors (Lipinski definition) is 2. The molecule has 6 nitrogen and oxygen atoms in total. The molecule has 96 valence electrons. The summed E-state index contributed by atoms with van der Waals surface area (Å²) < 4.78 is 18.6. The SMILES string of the molecule is C=C(C)C(=O)OCCOP(=O)(O)O.CCBr. The molecule has 0 aliphatic carbocycles. The molecule has 0 aromatic heterocycles. The third-order valence-corrected chi connectivity index (χ3v) is 1.44. The van der Waals surface area contributed by atoms with E-state index in [1.165, 1.54) is 6.92 Å². The fourth-order valence-corrected chi connectivity index (χ4v) is 0.726. The number of ether oxygens (including phenoxy) is 1. The Morgan fingerprint density at radius 2 is 1.88 bits per heavy atom. The Bertz CT molecular complexity index is 261. The summed E-state index contributed by atoms with van der Waals surface area (Å²) in [4.78, 5) is 27.1. The lowest BCUT2D eigenvalue weighted by Crippen LogP contribution is -2.10. The van der Waals surface area contributed by atoms with E-state index in [1.54, 1.807) is 0 Å². The summed E-state index contributed by atoms with van der Waals surface area (Å²) in [6.45, 7) is 6.26. The molecule has 0 heterocycles. The molecule has 0 aliphatic rings. The maximum absolute atomic E-state index is 10.7. The first kappa shape index (κ1) is 18.2. The molecule has 0 aliphatic heterocycles. The molecule has 0 aromatic carbocycles. The van der Waals surface area contributed by atoms with Crippen LogP contribution in [0.1, 0.15) is 13.8 Å². The molecule has 0 unspecified atom stereocenters. The van der Waals surface area contributed by atoms with Gasteiger partial charge >= 0.3 is 13.8 Å². The van der Waals surface area contributed by atoms with Gasteiger partial charge in [0.1, 0.15) is 6.61 Å². The molecule has 0 bridgehead atoms. The van der Waals surface area contributed by atoms with Crippen molar-refractivity contribution < 1.29 is 28.4 Å². The van der Waals surface area contributed by atoms with Gasteiger partial charge in [-0.3, -0.25) is 4.52 Å². The first-order valence-electron chi connectivity index (χ1n) is 4.33. The van der Waals surface area contributed by atoms with Crippen LogP contribution in [0.4, 0.5) is 0 Å². The summed E-state index contributed by atoms with van der Waals surface area (Å²) in [5.41, 5.74) is 0.219. The molecule has 2 N–H and O–H groups in total. The normalized spacial score (nSPS) is 10.1. The van der Waals surface area contributed by atoms with Crippen LogP contribution >= 0.6 is 23.8 Å². The molecular weight excluding hydrogens is 303 g/mol. The fraction of sp³-hybridized carbons (Fsp3) is 0.625. The van der Waals surface area contributed by atoms with Crippen molar-refractivity contribution >= 4 is 29.7 Å². The molecule has 0 fully saturated rings. The number of rotatable bonds is 5. The number of phosphoric ester groups is 1. The number of esters is 1. The molecule has 0 spiro atoms.